The minimum absolute atomic E-state index is 0.0667. The summed E-state index contributed by atoms with van der Waals surface area (Å²) in [5.41, 5.74) is 1.78. The fourth-order valence-electron chi connectivity index (χ4n) is 2.92. The van der Waals surface area contributed by atoms with Crippen molar-refractivity contribution in [1.82, 2.24) is 4.90 Å². The highest BCUT2D eigenvalue weighted by atomic mass is 35.5. The fourth-order valence-corrected chi connectivity index (χ4v) is 3.22. The molecule has 0 aromatic heterocycles. The topological polar surface area (TPSA) is 67.9 Å². The van der Waals surface area contributed by atoms with Gasteiger partial charge in [0.2, 0.25) is 5.91 Å². The summed E-state index contributed by atoms with van der Waals surface area (Å²) >= 11 is 6.24. The molecule has 2 amide bonds. The molecule has 0 aliphatic carbocycles. The van der Waals surface area contributed by atoms with Gasteiger partial charge in [0.05, 0.1) is 18.7 Å². The van der Waals surface area contributed by atoms with E-state index in [1.165, 1.54) is 13.2 Å². The minimum Gasteiger partial charge on any atom is -0.491 e. The molecule has 2 aromatic rings. The number of amides is 2. The van der Waals surface area contributed by atoms with Crippen LogP contribution in [0.15, 0.2) is 42.5 Å². The third kappa shape index (κ3) is 6.00. The van der Waals surface area contributed by atoms with Gasteiger partial charge in [-0.1, -0.05) is 17.7 Å². The number of hydrogen-bond donors (Lipinski definition) is 1. The fraction of sp³-hybridized carbons (Fsp3) is 0.304. The number of benzene rings is 2. The number of anilines is 1. The zero-order valence-corrected chi connectivity index (χ0v) is 18.5. The number of methoxy groups -OCH3 is 1. The Morgan fingerprint density at radius 2 is 1.87 bits per heavy atom. The Kier molecular flexibility index (Phi) is 8.74. The summed E-state index contributed by atoms with van der Waals surface area (Å²) < 4.78 is 10.8. The first-order valence-corrected chi connectivity index (χ1v) is 10.2. The van der Waals surface area contributed by atoms with Crippen LogP contribution in [0.25, 0.3) is 6.08 Å². The number of nitrogens with one attached hydrogen (secondary N) is 1. The average Bonchev–Trinajstić information content (AvgIpc) is 2.73. The number of hydrogen-bond acceptors (Lipinski definition) is 4. The molecule has 7 heteroatoms. The van der Waals surface area contributed by atoms with Crippen LogP contribution in [-0.2, 0) is 4.79 Å². The van der Waals surface area contributed by atoms with Crippen LogP contribution < -0.4 is 14.8 Å². The van der Waals surface area contributed by atoms with E-state index in [1.807, 2.05) is 20.8 Å². The lowest BCUT2D eigenvalue weighted by atomic mass is 10.1. The number of nitrogens with zero attached hydrogens (tertiary/aromatic N) is 1. The first-order valence-electron chi connectivity index (χ1n) is 9.82. The van der Waals surface area contributed by atoms with Crippen LogP contribution in [0.2, 0.25) is 5.02 Å². The normalized spacial score (nSPS) is 10.7. The van der Waals surface area contributed by atoms with E-state index in [4.69, 9.17) is 21.1 Å². The summed E-state index contributed by atoms with van der Waals surface area (Å²) in [5, 5.41) is 3.17. The van der Waals surface area contributed by atoms with Crippen molar-refractivity contribution in [2.75, 3.05) is 32.1 Å². The third-order valence-electron chi connectivity index (χ3n) is 4.39. The summed E-state index contributed by atoms with van der Waals surface area (Å²) in [6.45, 7) is 7.44. The van der Waals surface area contributed by atoms with Crippen LogP contribution in [0.1, 0.15) is 36.7 Å². The average molecular weight is 431 g/mol. The molecule has 0 aliphatic rings. The number of carbonyl (C=O) groups is 2. The van der Waals surface area contributed by atoms with E-state index < -0.39 is 0 Å². The van der Waals surface area contributed by atoms with E-state index in [2.05, 4.69) is 5.32 Å². The Hall–Kier alpha value is -2.99. The zero-order chi connectivity index (χ0) is 22.1. The molecule has 2 rings (SSSR count). The van der Waals surface area contributed by atoms with Crippen molar-refractivity contribution in [3.63, 3.8) is 0 Å². The van der Waals surface area contributed by atoms with Crippen molar-refractivity contribution < 1.29 is 19.1 Å². The van der Waals surface area contributed by atoms with Gasteiger partial charge in [-0.25, -0.2) is 0 Å². The second kappa shape index (κ2) is 11.3. The number of ether oxygens (including phenoxy) is 2. The van der Waals surface area contributed by atoms with Crippen molar-refractivity contribution in [2.24, 2.45) is 0 Å². The van der Waals surface area contributed by atoms with Crippen LogP contribution in [0.4, 0.5) is 5.69 Å². The van der Waals surface area contributed by atoms with Crippen molar-refractivity contribution in [2.45, 2.75) is 20.8 Å². The maximum Gasteiger partial charge on any atom is 0.253 e. The molecule has 0 radical (unpaired) electrons. The number of rotatable bonds is 9. The minimum atomic E-state index is -0.327. The molecule has 1 N–H and O–H groups in total. The quantitative estimate of drug-likeness (QED) is 0.575. The molecule has 6 nitrogen and oxygen atoms in total. The summed E-state index contributed by atoms with van der Waals surface area (Å²) in [5.74, 6) is 0.570. The molecular weight excluding hydrogens is 404 g/mol. The van der Waals surface area contributed by atoms with Gasteiger partial charge in [-0.3, -0.25) is 9.59 Å². The molecule has 0 heterocycles. The van der Waals surface area contributed by atoms with E-state index in [9.17, 15) is 9.59 Å². The molecule has 2 aromatic carbocycles. The predicted molar refractivity (Wildman–Crippen MR) is 121 cm³/mol. The van der Waals surface area contributed by atoms with Gasteiger partial charge in [0.15, 0.2) is 11.5 Å². The third-order valence-corrected chi connectivity index (χ3v) is 4.67. The standard InChI is InChI=1S/C23H27ClN2O4/c1-5-26(6-2)23(28)17-9-8-10-18(15-17)25-21(27)12-11-16-13-19(24)22(29-4)20(14-16)30-7-3/h8-15H,5-7H2,1-4H3,(H,25,27)/b12-11+. The van der Waals surface area contributed by atoms with Crippen molar-refractivity contribution >= 4 is 35.2 Å². The van der Waals surface area contributed by atoms with Crippen molar-refractivity contribution in [3.8, 4) is 11.5 Å². The van der Waals surface area contributed by atoms with Crippen LogP contribution in [-0.4, -0.2) is 43.5 Å². The molecule has 160 valence electrons. The highest BCUT2D eigenvalue weighted by molar-refractivity contribution is 6.32. The molecule has 0 saturated heterocycles. The first-order chi connectivity index (χ1) is 14.4. The van der Waals surface area contributed by atoms with E-state index in [-0.39, 0.29) is 11.8 Å². The highest BCUT2D eigenvalue weighted by Gasteiger charge is 2.13. The molecule has 0 fully saturated rings. The smallest absolute Gasteiger partial charge is 0.253 e. The van der Waals surface area contributed by atoms with E-state index in [1.54, 1.807) is 47.4 Å². The van der Waals surface area contributed by atoms with Gasteiger partial charge < -0.3 is 19.7 Å². The van der Waals surface area contributed by atoms with Gasteiger partial charge in [0.25, 0.3) is 5.91 Å². The summed E-state index contributed by atoms with van der Waals surface area (Å²) in [4.78, 5) is 26.6. The van der Waals surface area contributed by atoms with Crippen LogP contribution >= 0.6 is 11.6 Å². The number of carbonyl (C=O) groups excluding carboxylic acids is 2. The molecule has 0 unspecified atom stereocenters. The maximum atomic E-state index is 12.5. The van der Waals surface area contributed by atoms with Gasteiger partial charge in [-0.05, 0) is 62.7 Å². The second-order valence-corrected chi connectivity index (χ2v) is 6.76. The van der Waals surface area contributed by atoms with Gasteiger partial charge in [0, 0.05) is 30.4 Å². The molecular formula is C23H27ClN2O4. The summed E-state index contributed by atoms with van der Waals surface area (Å²) in [6, 6.07) is 10.3. The van der Waals surface area contributed by atoms with E-state index in [0.29, 0.717) is 53.0 Å². The van der Waals surface area contributed by atoms with Gasteiger partial charge in [-0.2, -0.15) is 0 Å². The van der Waals surface area contributed by atoms with E-state index >= 15 is 0 Å². The molecule has 0 atom stereocenters. The molecule has 0 bridgehead atoms. The molecule has 0 aliphatic heterocycles. The van der Waals surface area contributed by atoms with Gasteiger partial charge >= 0.3 is 0 Å². The number of halogens is 1. The van der Waals surface area contributed by atoms with E-state index in [0.717, 1.165) is 0 Å². The molecule has 30 heavy (non-hydrogen) atoms. The largest absolute Gasteiger partial charge is 0.491 e. The zero-order valence-electron chi connectivity index (χ0n) is 17.7. The maximum absolute atomic E-state index is 12.5. The monoisotopic (exact) mass is 430 g/mol. The highest BCUT2D eigenvalue weighted by Crippen LogP contribution is 2.36. The van der Waals surface area contributed by atoms with Crippen LogP contribution in [0.3, 0.4) is 0 Å². The van der Waals surface area contributed by atoms with Crippen LogP contribution in [0, 0.1) is 0 Å². The van der Waals surface area contributed by atoms with Gasteiger partial charge in [-0.15, -0.1) is 0 Å². The molecule has 0 saturated carbocycles. The molecule has 0 spiro atoms. The summed E-state index contributed by atoms with van der Waals surface area (Å²) in [6.07, 6.45) is 3.03. The Morgan fingerprint density at radius 3 is 2.50 bits per heavy atom. The van der Waals surface area contributed by atoms with Crippen molar-refractivity contribution in [1.29, 1.82) is 0 Å². The SMILES string of the molecule is CCOc1cc(/C=C/C(=O)Nc2cccc(C(=O)N(CC)CC)c2)cc(Cl)c1OC. The predicted octanol–water partition coefficient (Wildman–Crippen LogP) is 4.88. The second-order valence-electron chi connectivity index (χ2n) is 6.35. The summed E-state index contributed by atoms with van der Waals surface area (Å²) in [7, 11) is 1.52. The van der Waals surface area contributed by atoms with Crippen LogP contribution in [0.5, 0.6) is 11.5 Å². The van der Waals surface area contributed by atoms with Gasteiger partial charge in [0.1, 0.15) is 0 Å². The lowest BCUT2D eigenvalue weighted by Gasteiger charge is -2.18. The Balaban J connectivity index is 2.13. The lowest BCUT2D eigenvalue weighted by Crippen LogP contribution is -2.30. The Bertz CT molecular complexity index is 923. The lowest BCUT2D eigenvalue weighted by molar-refractivity contribution is -0.111. The Labute approximate surface area is 182 Å². The van der Waals surface area contributed by atoms with Crippen molar-refractivity contribution in [3.05, 3.63) is 58.6 Å². The Morgan fingerprint density at radius 1 is 1.13 bits per heavy atom. The first kappa shape index (κ1) is 23.3.